The van der Waals surface area contributed by atoms with Crippen molar-refractivity contribution in [2.45, 2.75) is 25.7 Å². The van der Waals surface area contributed by atoms with Crippen LogP contribution in [0.15, 0.2) is 25.3 Å². The standard InChI is InChI=1S/C8H12O4.2C4H6O2/c9-7(10)5-3-1-2-4-6(5)8(11)12;2*1-3-4(5)6-2/h5-6H,1-4H2,(H,9,10)(H,11,12);2*3H,1H2,2H3. The van der Waals surface area contributed by atoms with Crippen LogP contribution in [0.25, 0.3) is 0 Å². The van der Waals surface area contributed by atoms with Gasteiger partial charge in [0.05, 0.1) is 26.1 Å². The molecule has 0 radical (unpaired) electrons. The highest BCUT2D eigenvalue weighted by Gasteiger charge is 2.35. The Morgan fingerprint density at radius 1 is 0.833 bits per heavy atom. The number of aliphatic carboxylic acids is 2. The Kier molecular flexibility index (Phi) is 13.8. The molecule has 1 rings (SSSR count). The summed E-state index contributed by atoms with van der Waals surface area (Å²) in [6, 6.07) is 0. The van der Waals surface area contributed by atoms with Gasteiger partial charge < -0.3 is 19.7 Å². The van der Waals surface area contributed by atoms with E-state index in [4.69, 9.17) is 10.2 Å². The third-order valence-corrected chi connectivity index (χ3v) is 3.14. The summed E-state index contributed by atoms with van der Waals surface area (Å²) < 4.78 is 8.28. The lowest BCUT2D eigenvalue weighted by atomic mass is 9.79. The van der Waals surface area contributed by atoms with Crippen molar-refractivity contribution in [3.63, 3.8) is 0 Å². The molecule has 1 aliphatic rings. The fourth-order valence-corrected chi connectivity index (χ4v) is 1.89. The second kappa shape index (κ2) is 14.0. The van der Waals surface area contributed by atoms with Gasteiger partial charge in [-0.1, -0.05) is 26.0 Å². The zero-order valence-electron chi connectivity index (χ0n) is 13.9. The minimum Gasteiger partial charge on any atom is -0.481 e. The number of rotatable bonds is 4. The Morgan fingerprint density at radius 3 is 1.25 bits per heavy atom. The van der Waals surface area contributed by atoms with Crippen LogP contribution in [0, 0.1) is 11.8 Å². The van der Waals surface area contributed by atoms with E-state index in [1.165, 1.54) is 14.2 Å². The zero-order chi connectivity index (χ0) is 19.1. The largest absolute Gasteiger partial charge is 0.481 e. The number of carboxylic acid groups (broad SMARTS) is 2. The first-order valence-corrected chi connectivity index (χ1v) is 7.11. The van der Waals surface area contributed by atoms with Gasteiger partial charge >= 0.3 is 23.9 Å². The van der Waals surface area contributed by atoms with E-state index in [0.717, 1.165) is 25.0 Å². The second-order valence-electron chi connectivity index (χ2n) is 4.63. The average molecular weight is 344 g/mol. The van der Waals surface area contributed by atoms with E-state index in [9.17, 15) is 19.2 Å². The summed E-state index contributed by atoms with van der Waals surface area (Å²) in [6.07, 6.45) is 4.90. The topological polar surface area (TPSA) is 127 Å². The predicted molar refractivity (Wildman–Crippen MR) is 85.1 cm³/mol. The molecular formula is C16H24O8. The lowest BCUT2D eigenvalue weighted by Gasteiger charge is -2.24. The number of methoxy groups -OCH3 is 2. The van der Waals surface area contributed by atoms with Crippen molar-refractivity contribution >= 4 is 23.9 Å². The Balaban J connectivity index is 0. The van der Waals surface area contributed by atoms with Crippen LogP contribution in [0.4, 0.5) is 0 Å². The van der Waals surface area contributed by atoms with Crippen molar-refractivity contribution in [2.75, 3.05) is 14.2 Å². The van der Waals surface area contributed by atoms with Crippen LogP contribution in [-0.4, -0.2) is 48.3 Å². The number of hydrogen-bond acceptors (Lipinski definition) is 6. The molecule has 0 amide bonds. The van der Waals surface area contributed by atoms with Gasteiger partial charge in [0.2, 0.25) is 0 Å². The first kappa shape index (κ1) is 23.6. The van der Waals surface area contributed by atoms with Crippen molar-refractivity contribution in [2.24, 2.45) is 11.8 Å². The van der Waals surface area contributed by atoms with Gasteiger partial charge in [-0.2, -0.15) is 0 Å². The molecule has 24 heavy (non-hydrogen) atoms. The Morgan fingerprint density at radius 2 is 1.12 bits per heavy atom. The molecule has 136 valence electrons. The van der Waals surface area contributed by atoms with Crippen molar-refractivity contribution in [1.29, 1.82) is 0 Å². The van der Waals surface area contributed by atoms with Gasteiger partial charge in [0.15, 0.2) is 0 Å². The van der Waals surface area contributed by atoms with Crippen LogP contribution in [0.3, 0.4) is 0 Å². The summed E-state index contributed by atoms with van der Waals surface area (Å²) in [6.45, 7) is 6.31. The van der Waals surface area contributed by atoms with Gasteiger partial charge in [-0.25, -0.2) is 9.59 Å². The minimum atomic E-state index is -0.970. The van der Waals surface area contributed by atoms with E-state index in [2.05, 4.69) is 22.6 Å². The first-order valence-electron chi connectivity index (χ1n) is 7.11. The summed E-state index contributed by atoms with van der Waals surface area (Å²) in [5.41, 5.74) is 0. The molecule has 8 heteroatoms. The lowest BCUT2D eigenvalue weighted by Crippen LogP contribution is -2.32. The fourth-order valence-electron chi connectivity index (χ4n) is 1.89. The van der Waals surface area contributed by atoms with Crippen molar-refractivity contribution in [3.8, 4) is 0 Å². The summed E-state index contributed by atoms with van der Waals surface area (Å²) in [5.74, 6) is -4.07. The average Bonchev–Trinajstić information content (AvgIpc) is 2.61. The van der Waals surface area contributed by atoms with Gasteiger partial charge in [-0.15, -0.1) is 0 Å². The molecule has 0 aromatic carbocycles. The van der Waals surface area contributed by atoms with E-state index >= 15 is 0 Å². The molecule has 0 aromatic heterocycles. The summed E-state index contributed by atoms with van der Waals surface area (Å²) in [4.78, 5) is 40.9. The molecular weight excluding hydrogens is 320 g/mol. The van der Waals surface area contributed by atoms with Gasteiger partial charge in [-0.3, -0.25) is 9.59 Å². The van der Waals surface area contributed by atoms with Crippen LogP contribution in [0.5, 0.6) is 0 Å². The SMILES string of the molecule is C=CC(=O)OC.C=CC(=O)OC.O=C(O)C1CCCCC1C(=O)O. The second-order valence-corrected chi connectivity index (χ2v) is 4.63. The third kappa shape index (κ3) is 11.0. The zero-order valence-corrected chi connectivity index (χ0v) is 13.9. The molecule has 0 aliphatic heterocycles. The van der Waals surface area contributed by atoms with Gasteiger partial charge in [0.1, 0.15) is 0 Å². The Bertz CT molecular complexity index is 413. The van der Waals surface area contributed by atoms with Gasteiger partial charge in [0, 0.05) is 12.2 Å². The number of hydrogen-bond donors (Lipinski definition) is 2. The van der Waals surface area contributed by atoms with Crippen molar-refractivity contribution in [3.05, 3.63) is 25.3 Å². The van der Waals surface area contributed by atoms with Crippen LogP contribution in [0.1, 0.15) is 25.7 Å². The van der Waals surface area contributed by atoms with E-state index in [-0.39, 0.29) is 0 Å². The molecule has 1 saturated carbocycles. The molecule has 0 saturated heterocycles. The fraction of sp³-hybridized carbons (Fsp3) is 0.500. The highest BCUT2D eigenvalue weighted by atomic mass is 16.5. The molecule has 2 atom stereocenters. The quantitative estimate of drug-likeness (QED) is 0.582. The number of ether oxygens (including phenoxy) is 2. The molecule has 8 nitrogen and oxygen atoms in total. The molecule has 2 N–H and O–H groups in total. The highest BCUT2D eigenvalue weighted by Crippen LogP contribution is 2.30. The maximum atomic E-state index is 10.6. The lowest BCUT2D eigenvalue weighted by molar-refractivity contribution is -0.155. The predicted octanol–water partition coefficient (Wildman–Crippen LogP) is 1.65. The number of carboxylic acids is 2. The van der Waals surface area contributed by atoms with Crippen LogP contribution >= 0.6 is 0 Å². The van der Waals surface area contributed by atoms with Crippen LogP contribution < -0.4 is 0 Å². The first-order chi connectivity index (χ1) is 11.2. The maximum absolute atomic E-state index is 10.6. The normalized spacial score (nSPS) is 18.2. The smallest absolute Gasteiger partial charge is 0.329 e. The van der Waals surface area contributed by atoms with E-state index in [1.807, 2.05) is 0 Å². The molecule has 0 bridgehead atoms. The minimum absolute atomic E-state index is 0.394. The Labute approximate surface area is 140 Å². The molecule has 1 aliphatic carbocycles. The van der Waals surface area contributed by atoms with Gasteiger partial charge in [-0.05, 0) is 12.8 Å². The van der Waals surface area contributed by atoms with Crippen LogP contribution in [0.2, 0.25) is 0 Å². The highest BCUT2D eigenvalue weighted by molar-refractivity contribution is 5.81. The molecule has 0 aromatic rings. The summed E-state index contributed by atoms with van der Waals surface area (Å²) >= 11 is 0. The monoisotopic (exact) mass is 344 g/mol. The molecule has 0 spiro atoms. The van der Waals surface area contributed by atoms with Crippen LogP contribution in [-0.2, 0) is 28.7 Å². The molecule has 1 fully saturated rings. The van der Waals surface area contributed by atoms with Crippen molar-refractivity contribution in [1.82, 2.24) is 0 Å². The van der Waals surface area contributed by atoms with Gasteiger partial charge in [0.25, 0.3) is 0 Å². The van der Waals surface area contributed by atoms with E-state index < -0.39 is 35.7 Å². The summed E-state index contributed by atoms with van der Waals surface area (Å²) in [7, 11) is 2.62. The maximum Gasteiger partial charge on any atom is 0.329 e. The molecule has 2 unspecified atom stereocenters. The van der Waals surface area contributed by atoms with E-state index in [0.29, 0.717) is 12.8 Å². The Hall–Kier alpha value is -2.64. The number of carbonyl (C=O) groups is 4. The number of carbonyl (C=O) groups excluding carboxylic acids is 2. The number of esters is 2. The third-order valence-electron chi connectivity index (χ3n) is 3.14. The molecule has 0 heterocycles. The summed E-state index contributed by atoms with van der Waals surface area (Å²) in [5, 5.41) is 17.4. The van der Waals surface area contributed by atoms with E-state index in [1.54, 1.807) is 0 Å². The van der Waals surface area contributed by atoms with Crippen molar-refractivity contribution < 1.29 is 38.9 Å².